The van der Waals surface area contributed by atoms with Crippen molar-refractivity contribution in [3.63, 3.8) is 0 Å². The van der Waals surface area contributed by atoms with Gasteiger partial charge in [0.1, 0.15) is 18.1 Å². The third-order valence-electron chi connectivity index (χ3n) is 3.64. The van der Waals surface area contributed by atoms with Crippen LogP contribution in [0, 0.1) is 5.92 Å². The Hall–Kier alpha value is -1.73. The normalized spacial score (nSPS) is 31.1. The summed E-state index contributed by atoms with van der Waals surface area (Å²) in [7, 11) is 0. The maximum Gasteiger partial charge on any atom is 0.167 e. The van der Waals surface area contributed by atoms with Crippen LogP contribution < -0.4 is 5.73 Å². The summed E-state index contributed by atoms with van der Waals surface area (Å²) in [4.78, 5) is 12.4. The lowest BCUT2D eigenvalue weighted by atomic mass is 9.97. The Morgan fingerprint density at radius 3 is 3.00 bits per heavy atom. The standard InChI is InChI=1S/C12H17N5O2/c1-7-3-12(2,4-18)19-11(7)17-6-16-8-9(13)14-5-15-10(8)17/h5-7,11,18H,3-4H2,1-2H3,(H2,13,14,15)/t7-,11+,12-/m0/s1. The van der Waals surface area contributed by atoms with Gasteiger partial charge in [-0.1, -0.05) is 6.92 Å². The molecule has 0 aromatic carbocycles. The molecule has 2 aromatic rings. The van der Waals surface area contributed by atoms with Crippen molar-refractivity contribution in [3.05, 3.63) is 12.7 Å². The molecule has 0 spiro atoms. The van der Waals surface area contributed by atoms with Gasteiger partial charge in [0, 0.05) is 5.92 Å². The minimum Gasteiger partial charge on any atom is -0.393 e. The second-order valence-corrected chi connectivity index (χ2v) is 5.38. The highest BCUT2D eigenvalue weighted by molar-refractivity contribution is 5.81. The molecular formula is C12H17N5O2. The quantitative estimate of drug-likeness (QED) is 0.828. The van der Waals surface area contributed by atoms with Crippen LogP contribution in [0.5, 0.6) is 0 Å². The number of rotatable bonds is 2. The molecule has 3 N–H and O–H groups in total. The molecule has 0 aliphatic carbocycles. The first-order chi connectivity index (χ1) is 9.04. The number of nitrogen functional groups attached to an aromatic ring is 1. The number of aromatic nitrogens is 4. The van der Waals surface area contributed by atoms with Crippen molar-refractivity contribution in [2.75, 3.05) is 12.3 Å². The number of nitrogens with zero attached hydrogens (tertiary/aromatic N) is 4. The van der Waals surface area contributed by atoms with Crippen LogP contribution in [0.2, 0.25) is 0 Å². The van der Waals surface area contributed by atoms with Gasteiger partial charge in [-0.05, 0) is 13.3 Å². The van der Waals surface area contributed by atoms with Gasteiger partial charge in [0.2, 0.25) is 0 Å². The molecule has 102 valence electrons. The van der Waals surface area contributed by atoms with Crippen molar-refractivity contribution >= 4 is 17.0 Å². The first kappa shape index (κ1) is 12.3. The van der Waals surface area contributed by atoms with Crippen LogP contribution in [0.4, 0.5) is 5.82 Å². The minimum atomic E-state index is -0.515. The van der Waals surface area contributed by atoms with Gasteiger partial charge in [-0.15, -0.1) is 0 Å². The predicted molar refractivity (Wildman–Crippen MR) is 69.1 cm³/mol. The summed E-state index contributed by atoms with van der Waals surface area (Å²) in [5, 5.41) is 9.42. The first-order valence-electron chi connectivity index (χ1n) is 6.26. The molecule has 3 rings (SSSR count). The van der Waals surface area contributed by atoms with E-state index in [1.807, 2.05) is 11.5 Å². The van der Waals surface area contributed by atoms with Gasteiger partial charge in [-0.2, -0.15) is 0 Å². The predicted octanol–water partition coefficient (Wildman–Crippen LogP) is 0.714. The molecule has 1 fully saturated rings. The molecule has 3 heterocycles. The summed E-state index contributed by atoms with van der Waals surface area (Å²) < 4.78 is 7.83. The topological polar surface area (TPSA) is 99.1 Å². The molecule has 1 aliphatic heterocycles. The summed E-state index contributed by atoms with van der Waals surface area (Å²) in [6.07, 6.45) is 3.67. The second-order valence-electron chi connectivity index (χ2n) is 5.38. The van der Waals surface area contributed by atoms with E-state index in [1.165, 1.54) is 6.33 Å². The van der Waals surface area contributed by atoms with Gasteiger partial charge in [-0.25, -0.2) is 15.0 Å². The molecule has 0 amide bonds. The molecule has 2 aromatic heterocycles. The number of hydrogen-bond donors (Lipinski definition) is 2. The molecule has 1 saturated heterocycles. The monoisotopic (exact) mass is 263 g/mol. The third-order valence-corrected chi connectivity index (χ3v) is 3.64. The number of aliphatic hydroxyl groups is 1. The summed E-state index contributed by atoms with van der Waals surface area (Å²) >= 11 is 0. The number of anilines is 1. The molecule has 0 saturated carbocycles. The molecule has 7 nitrogen and oxygen atoms in total. The van der Waals surface area contributed by atoms with E-state index in [2.05, 4.69) is 21.9 Å². The Balaban J connectivity index is 2.04. The molecular weight excluding hydrogens is 246 g/mol. The summed E-state index contributed by atoms with van der Waals surface area (Å²) in [5.74, 6) is 0.616. The van der Waals surface area contributed by atoms with Crippen LogP contribution in [0.25, 0.3) is 11.2 Å². The molecule has 0 unspecified atom stereocenters. The van der Waals surface area contributed by atoms with E-state index >= 15 is 0 Å². The van der Waals surface area contributed by atoms with E-state index in [9.17, 15) is 5.11 Å². The molecule has 1 aliphatic rings. The van der Waals surface area contributed by atoms with Crippen molar-refractivity contribution in [2.45, 2.75) is 32.1 Å². The number of ether oxygens (including phenoxy) is 1. The van der Waals surface area contributed by atoms with E-state index in [4.69, 9.17) is 10.5 Å². The largest absolute Gasteiger partial charge is 0.393 e. The van der Waals surface area contributed by atoms with E-state index in [0.717, 1.165) is 6.42 Å². The van der Waals surface area contributed by atoms with Crippen molar-refractivity contribution in [1.29, 1.82) is 0 Å². The molecule has 19 heavy (non-hydrogen) atoms. The van der Waals surface area contributed by atoms with Crippen LogP contribution in [-0.4, -0.2) is 36.8 Å². The van der Waals surface area contributed by atoms with Gasteiger partial charge in [0.25, 0.3) is 0 Å². The van der Waals surface area contributed by atoms with Gasteiger partial charge >= 0.3 is 0 Å². The molecule has 0 bridgehead atoms. The average Bonchev–Trinajstić information content (AvgIpc) is 2.92. The zero-order valence-corrected chi connectivity index (χ0v) is 10.9. The smallest absolute Gasteiger partial charge is 0.167 e. The summed E-state index contributed by atoms with van der Waals surface area (Å²) in [5.41, 5.74) is 6.50. The maximum absolute atomic E-state index is 9.42. The molecule has 7 heteroatoms. The van der Waals surface area contributed by atoms with Gasteiger partial charge < -0.3 is 15.6 Å². The highest BCUT2D eigenvalue weighted by atomic mass is 16.5. The van der Waals surface area contributed by atoms with Crippen molar-refractivity contribution in [1.82, 2.24) is 19.5 Å². The highest BCUT2D eigenvalue weighted by Gasteiger charge is 2.42. The van der Waals surface area contributed by atoms with Crippen LogP contribution >= 0.6 is 0 Å². The van der Waals surface area contributed by atoms with Crippen LogP contribution in [0.3, 0.4) is 0 Å². The van der Waals surface area contributed by atoms with Crippen LogP contribution in [0.1, 0.15) is 26.5 Å². The zero-order valence-electron chi connectivity index (χ0n) is 10.9. The highest BCUT2D eigenvalue weighted by Crippen LogP contribution is 2.41. The van der Waals surface area contributed by atoms with Gasteiger partial charge in [0.05, 0.1) is 18.5 Å². The van der Waals surface area contributed by atoms with E-state index in [0.29, 0.717) is 17.0 Å². The SMILES string of the molecule is C[C@H]1C[C@@](C)(CO)O[C@H]1n1cnc2c(N)ncnc21. The van der Waals surface area contributed by atoms with E-state index < -0.39 is 5.60 Å². The fourth-order valence-electron chi connectivity index (χ4n) is 2.73. The fraction of sp³-hybridized carbons (Fsp3) is 0.583. The third kappa shape index (κ3) is 1.85. The van der Waals surface area contributed by atoms with Gasteiger partial charge in [0.15, 0.2) is 11.5 Å². The lowest BCUT2D eigenvalue weighted by molar-refractivity contribution is -0.0898. The lowest BCUT2D eigenvalue weighted by Gasteiger charge is -2.22. The Morgan fingerprint density at radius 1 is 1.53 bits per heavy atom. The number of hydrogen-bond acceptors (Lipinski definition) is 6. The summed E-state index contributed by atoms with van der Waals surface area (Å²) in [6.45, 7) is 3.99. The zero-order chi connectivity index (χ0) is 13.6. The number of fused-ring (bicyclic) bond motifs is 1. The van der Waals surface area contributed by atoms with Crippen molar-refractivity contribution < 1.29 is 9.84 Å². The Bertz CT molecular complexity index is 613. The Kier molecular flexibility index (Phi) is 2.68. The molecule has 3 atom stereocenters. The Labute approximate surface area is 110 Å². The number of nitrogens with two attached hydrogens (primary N) is 1. The van der Waals surface area contributed by atoms with Crippen LogP contribution in [0.15, 0.2) is 12.7 Å². The average molecular weight is 263 g/mol. The van der Waals surface area contributed by atoms with Crippen molar-refractivity contribution in [2.24, 2.45) is 5.92 Å². The minimum absolute atomic E-state index is 0.00239. The van der Waals surface area contributed by atoms with E-state index in [1.54, 1.807) is 6.33 Å². The van der Waals surface area contributed by atoms with Crippen LogP contribution in [-0.2, 0) is 4.74 Å². The number of imidazole rings is 1. The Morgan fingerprint density at radius 2 is 2.32 bits per heavy atom. The lowest BCUT2D eigenvalue weighted by Crippen LogP contribution is -2.28. The fourth-order valence-corrected chi connectivity index (χ4v) is 2.73. The maximum atomic E-state index is 9.42. The second kappa shape index (κ2) is 4.14. The van der Waals surface area contributed by atoms with Gasteiger partial charge in [-0.3, -0.25) is 4.57 Å². The van der Waals surface area contributed by atoms with Crippen molar-refractivity contribution in [3.8, 4) is 0 Å². The molecule has 0 radical (unpaired) electrons. The number of aliphatic hydroxyl groups excluding tert-OH is 1. The van der Waals surface area contributed by atoms with E-state index in [-0.39, 0.29) is 18.8 Å². The summed E-state index contributed by atoms with van der Waals surface area (Å²) in [6, 6.07) is 0. The first-order valence-corrected chi connectivity index (χ1v) is 6.26.